The minimum absolute atomic E-state index is 0.0669. The fourth-order valence-electron chi connectivity index (χ4n) is 3.64. The summed E-state index contributed by atoms with van der Waals surface area (Å²) in [6.07, 6.45) is 2.62. The van der Waals surface area contributed by atoms with Crippen molar-refractivity contribution in [3.05, 3.63) is 66.0 Å². The Balaban J connectivity index is 1.58. The van der Waals surface area contributed by atoms with Crippen LogP contribution in [0, 0.1) is 5.82 Å². The summed E-state index contributed by atoms with van der Waals surface area (Å²) in [5.74, 6) is -1.01. The minimum atomic E-state index is -0.786. The number of piperidine rings is 1. The molecule has 0 bridgehead atoms. The Morgan fingerprint density at radius 3 is 2.50 bits per heavy atom. The first-order valence-corrected chi connectivity index (χ1v) is 9.12. The molecule has 0 unspecified atom stereocenters. The summed E-state index contributed by atoms with van der Waals surface area (Å²) in [7, 11) is 0. The monoisotopic (exact) mass is 356 g/mol. The number of hydrogen-bond acceptors (Lipinski definition) is 3. The Morgan fingerprint density at radius 1 is 1.12 bits per heavy atom. The van der Waals surface area contributed by atoms with Crippen LogP contribution in [0.5, 0.6) is 0 Å². The van der Waals surface area contributed by atoms with Gasteiger partial charge < -0.3 is 10.0 Å². The van der Waals surface area contributed by atoms with Crippen molar-refractivity contribution in [2.45, 2.75) is 25.3 Å². The third-order valence-electron chi connectivity index (χ3n) is 5.02. The number of carbonyl (C=O) groups is 1. The SMILES string of the molecule is O=C(O)CN(CCc1ccccc1)C1CCN(c2cccc(F)c2)CC1. The molecule has 2 aromatic rings. The van der Waals surface area contributed by atoms with Crippen molar-refractivity contribution in [2.75, 3.05) is 31.1 Å². The third kappa shape index (κ3) is 5.05. The van der Waals surface area contributed by atoms with Gasteiger partial charge in [-0.15, -0.1) is 0 Å². The Morgan fingerprint density at radius 2 is 1.85 bits per heavy atom. The molecule has 1 saturated heterocycles. The zero-order valence-electron chi connectivity index (χ0n) is 14.9. The van der Waals surface area contributed by atoms with Crippen molar-refractivity contribution < 1.29 is 14.3 Å². The molecule has 1 N–H and O–H groups in total. The topological polar surface area (TPSA) is 43.8 Å². The van der Waals surface area contributed by atoms with Crippen LogP contribution < -0.4 is 4.90 Å². The van der Waals surface area contributed by atoms with Gasteiger partial charge in [0.25, 0.3) is 0 Å². The molecule has 0 radical (unpaired) electrons. The molecule has 2 aromatic carbocycles. The van der Waals surface area contributed by atoms with Gasteiger partial charge in [-0.2, -0.15) is 0 Å². The van der Waals surface area contributed by atoms with Gasteiger partial charge in [0.2, 0.25) is 0 Å². The van der Waals surface area contributed by atoms with E-state index in [0.717, 1.165) is 44.6 Å². The maximum atomic E-state index is 13.4. The normalized spacial score (nSPS) is 15.4. The fraction of sp³-hybridized carbons (Fsp3) is 0.381. The quantitative estimate of drug-likeness (QED) is 0.826. The summed E-state index contributed by atoms with van der Waals surface area (Å²) >= 11 is 0. The van der Waals surface area contributed by atoms with Crippen LogP contribution in [-0.2, 0) is 11.2 Å². The van der Waals surface area contributed by atoms with E-state index in [1.165, 1.54) is 11.6 Å². The summed E-state index contributed by atoms with van der Waals surface area (Å²) in [5.41, 5.74) is 2.12. The number of carboxylic acids is 1. The van der Waals surface area contributed by atoms with Gasteiger partial charge in [0, 0.05) is 31.4 Å². The van der Waals surface area contributed by atoms with E-state index in [-0.39, 0.29) is 18.4 Å². The van der Waals surface area contributed by atoms with Crippen LogP contribution in [0.15, 0.2) is 54.6 Å². The van der Waals surface area contributed by atoms with Crippen LogP contribution in [0.2, 0.25) is 0 Å². The van der Waals surface area contributed by atoms with Crippen molar-refractivity contribution >= 4 is 11.7 Å². The van der Waals surface area contributed by atoms with Gasteiger partial charge in [0.05, 0.1) is 6.54 Å². The van der Waals surface area contributed by atoms with Crippen molar-refractivity contribution in [1.29, 1.82) is 0 Å². The van der Waals surface area contributed by atoms with E-state index < -0.39 is 5.97 Å². The van der Waals surface area contributed by atoms with Crippen LogP contribution in [0.1, 0.15) is 18.4 Å². The lowest BCUT2D eigenvalue weighted by molar-refractivity contribution is -0.139. The first-order valence-electron chi connectivity index (χ1n) is 9.12. The molecular formula is C21H25FN2O2. The van der Waals surface area contributed by atoms with Crippen molar-refractivity contribution in [3.8, 4) is 0 Å². The lowest BCUT2D eigenvalue weighted by atomic mass is 10.0. The van der Waals surface area contributed by atoms with E-state index in [1.54, 1.807) is 12.1 Å². The molecule has 1 fully saturated rings. The average molecular weight is 356 g/mol. The number of benzene rings is 2. The molecule has 138 valence electrons. The van der Waals surface area contributed by atoms with Gasteiger partial charge in [-0.05, 0) is 43.0 Å². The predicted molar refractivity (Wildman–Crippen MR) is 101 cm³/mol. The minimum Gasteiger partial charge on any atom is -0.480 e. The number of nitrogens with zero attached hydrogens (tertiary/aromatic N) is 2. The molecular weight excluding hydrogens is 331 g/mol. The van der Waals surface area contributed by atoms with E-state index in [1.807, 2.05) is 24.3 Å². The number of halogens is 1. The highest BCUT2D eigenvalue weighted by molar-refractivity contribution is 5.69. The highest BCUT2D eigenvalue weighted by Crippen LogP contribution is 2.23. The van der Waals surface area contributed by atoms with Crippen LogP contribution in [0.25, 0.3) is 0 Å². The maximum absolute atomic E-state index is 13.4. The van der Waals surface area contributed by atoms with Crippen molar-refractivity contribution in [1.82, 2.24) is 4.90 Å². The second kappa shape index (κ2) is 8.81. The van der Waals surface area contributed by atoms with Gasteiger partial charge >= 0.3 is 5.97 Å². The number of rotatable bonds is 7. The number of anilines is 1. The number of hydrogen-bond donors (Lipinski definition) is 1. The standard InChI is InChI=1S/C21H25FN2O2/c22-18-7-4-8-20(15-18)23-13-10-19(11-14-23)24(16-21(25)26)12-9-17-5-2-1-3-6-17/h1-8,15,19H,9-14,16H2,(H,25,26). The predicted octanol–water partition coefficient (Wildman–Crippen LogP) is 3.42. The Kier molecular flexibility index (Phi) is 6.23. The van der Waals surface area contributed by atoms with Crippen LogP contribution in [0.3, 0.4) is 0 Å². The fourth-order valence-corrected chi connectivity index (χ4v) is 3.64. The molecule has 1 aliphatic rings. The second-order valence-electron chi connectivity index (χ2n) is 6.80. The molecule has 26 heavy (non-hydrogen) atoms. The van der Waals surface area contributed by atoms with E-state index in [9.17, 15) is 14.3 Å². The van der Waals surface area contributed by atoms with Crippen LogP contribution >= 0.6 is 0 Å². The summed E-state index contributed by atoms with van der Waals surface area (Å²) in [6, 6.07) is 17.1. The van der Waals surface area contributed by atoms with Gasteiger partial charge in [0.15, 0.2) is 0 Å². The van der Waals surface area contributed by atoms with Gasteiger partial charge in [-0.25, -0.2) is 4.39 Å². The summed E-state index contributed by atoms with van der Waals surface area (Å²) in [4.78, 5) is 15.6. The van der Waals surface area contributed by atoms with Gasteiger partial charge in [0.1, 0.15) is 5.82 Å². The highest BCUT2D eigenvalue weighted by Gasteiger charge is 2.26. The Bertz CT molecular complexity index is 715. The summed E-state index contributed by atoms with van der Waals surface area (Å²) < 4.78 is 13.4. The molecule has 4 nitrogen and oxygen atoms in total. The first-order chi connectivity index (χ1) is 12.6. The smallest absolute Gasteiger partial charge is 0.317 e. The van der Waals surface area contributed by atoms with Crippen molar-refractivity contribution in [2.24, 2.45) is 0 Å². The van der Waals surface area contributed by atoms with Crippen molar-refractivity contribution in [3.63, 3.8) is 0 Å². The molecule has 1 aliphatic heterocycles. The molecule has 0 aliphatic carbocycles. The zero-order valence-corrected chi connectivity index (χ0v) is 14.9. The first kappa shape index (κ1) is 18.4. The van der Waals surface area contributed by atoms with Crippen LogP contribution in [0.4, 0.5) is 10.1 Å². The maximum Gasteiger partial charge on any atom is 0.317 e. The molecule has 1 heterocycles. The van der Waals surface area contributed by atoms with Gasteiger partial charge in [-0.3, -0.25) is 9.69 Å². The van der Waals surface area contributed by atoms with E-state index in [2.05, 4.69) is 21.9 Å². The summed E-state index contributed by atoms with van der Waals surface area (Å²) in [6.45, 7) is 2.43. The number of carboxylic acid groups (broad SMARTS) is 1. The molecule has 0 amide bonds. The lowest BCUT2D eigenvalue weighted by Crippen LogP contribution is -2.47. The van der Waals surface area contributed by atoms with E-state index in [4.69, 9.17) is 0 Å². The molecule has 0 saturated carbocycles. The molecule has 0 aromatic heterocycles. The average Bonchev–Trinajstić information content (AvgIpc) is 2.66. The van der Waals surface area contributed by atoms with Crippen LogP contribution in [-0.4, -0.2) is 48.2 Å². The summed E-state index contributed by atoms with van der Waals surface area (Å²) in [5, 5.41) is 9.28. The molecule has 5 heteroatoms. The number of aliphatic carboxylic acids is 1. The Labute approximate surface area is 153 Å². The molecule has 3 rings (SSSR count). The largest absolute Gasteiger partial charge is 0.480 e. The zero-order chi connectivity index (χ0) is 18.4. The molecule has 0 spiro atoms. The van der Waals surface area contributed by atoms with E-state index in [0.29, 0.717) is 0 Å². The third-order valence-corrected chi connectivity index (χ3v) is 5.02. The second-order valence-corrected chi connectivity index (χ2v) is 6.80. The lowest BCUT2D eigenvalue weighted by Gasteiger charge is -2.39. The Hall–Kier alpha value is -2.40. The molecule has 0 atom stereocenters. The van der Waals surface area contributed by atoms with Gasteiger partial charge in [-0.1, -0.05) is 36.4 Å². The highest BCUT2D eigenvalue weighted by atomic mass is 19.1. The van der Waals surface area contributed by atoms with E-state index >= 15 is 0 Å².